The zero-order valence-electron chi connectivity index (χ0n) is 11.5. The highest BCUT2D eigenvalue weighted by Crippen LogP contribution is 2.04. The molecule has 1 rings (SSSR count). The predicted octanol–water partition coefficient (Wildman–Crippen LogP) is 0.632. The van der Waals surface area contributed by atoms with E-state index in [1.54, 1.807) is 12.1 Å². The number of likely N-dealkylation sites (N-methyl/N-ethyl adjacent to an activating group) is 1. The molecule has 0 saturated carbocycles. The molecule has 0 aliphatic heterocycles. The van der Waals surface area contributed by atoms with Crippen molar-refractivity contribution in [2.75, 3.05) is 27.2 Å². The fourth-order valence-corrected chi connectivity index (χ4v) is 1.17. The van der Waals surface area contributed by atoms with Gasteiger partial charge in [-0.05, 0) is 20.2 Å². The van der Waals surface area contributed by atoms with Gasteiger partial charge in [-0.3, -0.25) is 0 Å². The van der Waals surface area contributed by atoms with Gasteiger partial charge in [0.15, 0.2) is 0 Å². The van der Waals surface area contributed by atoms with Gasteiger partial charge in [-0.25, -0.2) is 14.0 Å². The van der Waals surface area contributed by atoms with Crippen LogP contribution in [0.25, 0.3) is 0 Å². The van der Waals surface area contributed by atoms with Crippen LogP contribution < -0.4 is 5.32 Å². The first-order valence-electron chi connectivity index (χ1n) is 5.89. The van der Waals surface area contributed by atoms with Crippen LogP contribution in [0.3, 0.4) is 0 Å². The Morgan fingerprint density at radius 2 is 1.75 bits per heavy atom. The fourth-order valence-electron chi connectivity index (χ4n) is 1.17. The topological polar surface area (TPSA) is 89.9 Å². The number of carboxylic acid groups (broad SMARTS) is 2. The summed E-state index contributed by atoms with van der Waals surface area (Å²) in [4.78, 5) is 20.3. The first kappa shape index (κ1) is 18.0. The second kappa shape index (κ2) is 9.88. The van der Waals surface area contributed by atoms with Gasteiger partial charge in [0.25, 0.3) is 0 Å². The van der Waals surface area contributed by atoms with E-state index in [1.807, 2.05) is 20.2 Å². The fraction of sp³-hybridized carbons (Fsp3) is 0.385. The molecule has 0 unspecified atom stereocenters. The number of carbonyl (C=O) groups is 2. The summed E-state index contributed by atoms with van der Waals surface area (Å²) >= 11 is 0. The van der Waals surface area contributed by atoms with Crippen molar-refractivity contribution in [1.29, 1.82) is 0 Å². The molecule has 6 nitrogen and oxygen atoms in total. The summed E-state index contributed by atoms with van der Waals surface area (Å²) in [6, 6.07) is 6.85. The van der Waals surface area contributed by atoms with Crippen LogP contribution in [0.5, 0.6) is 0 Å². The van der Waals surface area contributed by atoms with Crippen molar-refractivity contribution < 1.29 is 24.2 Å². The standard InChI is InChI=1S/C11H17FN2.C2H2O4/c1-14(2)8-7-13-9-10-5-3-4-6-11(10)12;3-1(4)2(5)6/h3-6,13H,7-9H2,1-2H3;(H,3,4)(H,5,6). The lowest BCUT2D eigenvalue weighted by atomic mass is 10.2. The van der Waals surface area contributed by atoms with E-state index < -0.39 is 11.9 Å². The van der Waals surface area contributed by atoms with Gasteiger partial charge in [-0.2, -0.15) is 0 Å². The summed E-state index contributed by atoms with van der Waals surface area (Å²) in [6.07, 6.45) is 0. The number of rotatable bonds is 5. The molecule has 3 N–H and O–H groups in total. The first-order valence-corrected chi connectivity index (χ1v) is 5.89. The molecule has 0 radical (unpaired) electrons. The third-order valence-corrected chi connectivity index (χ3v) is 2.19. The van der Waals surface area contributed by atoms with E-state index in [2.05, 4.69) is 10.2 Å². The van der Waals surface area contributed by atoms with Gasteiger partial charge in [0.2, 0.25) is 0 Å². The Morgan fingerprint density at radius 3 is 2.20 bits per heavy atom. The number of nitrogens with one attached hydrogen (secondary N) is 1. The van der Waals surface area contributed by atoms with Crippen LogP contribution in [0.15, 0.2) is 24.3 Å². The number of halogens is 1. The number of nitrogens with zero attached hydrogens (tertiary/aromatic N) is 1. The highest BCUT2D eigenvalue weighted by atomic mass is 19.1. The van der Waals surface area contributed by atoms with E-state index in [-0.39, 0.29) is 5.82 Å². The number of hydrogen-bond donors (Lipinski definition) is 3. The molecule has 1 aromatic rings. The minimum atomic E-state index is -1.82. The maximum Gasteiger partial charge on any atom is 0.414 e. The summed E-state index contributed by atoms with van der Waals surface area (Å²) in [6.45, 7) is 2.44. The van der Waals surface area contributed by atoms with E-state index in [9.17, 15) is 4.39 Å². The largest absolute Gasteiger partial charge is 0.473 e. The Balaban J connectivity index is 0.000000511. The smallest absolute Gasteiger partial charge is 0.414 e. The van der Waals surface area contributed by atoms with Crippen molar-refractivity contribution in [2.24, 2.45) is 0 Å². The summed E-state index contributed by atoms with van der Waals surface area (Å²) in [7, 11) is 4.04. The maximum absolute atomic E-state index is 13.1. The zero-order chi connectivity index (χ0) is 15.5. The van der Waals surface area contributed by atoms with Gasteiger partial charge in [0, 0.05) is 25.2 Å². The highest BCUT2D eigenvalue weighted by molar-refractivity contribution is 6.27. The zero-order valence-corrected chi connectivity index (χ0v) is 11.5. The summed E-state index contributed by atoms with van der Waals surface area (Å²) in [5, 5.41) is 18.0. The van der Waals surface area contributed by atoms with Crippen LogP contribution in [-0.4, -0.2) is 54.2 Å². The number of carboxylic acids is 2. The van der Waals surface area contributed by atoms with E-state index in [0.717, 1.165) is 18.7 Å². The predicted molar refractivity (Wildman–Crippen MR) is 71.9 cm³/mol. The van der Waals surface area contributed by atoms with Gasteiger partial charge in [-0.1, -0.05) is 18.2 Å². The SMILES string of the molecule is CN(C)CCNCc1ccccc1F.O=C(O)C(=O)O. The number of hydrogen-bond acceptors (Lipinski definition) is 4. The third kappa shape index (κ3) is 9.01. The van der Waals surface area contributed by atoms with Gasteiger partial charge < -0.3 is 20.4 Å². The molecule has 0 aliphatic carbocycles. The van der Waals surface area contributed by atoms with Crippen molar-refractivity contribution in [3.63, 3.8) is 0 Å². The Morgan fingerprint density at radius 1 is 1.20 bits per heavy atom. The third-order valence-electron chi connectivity index (χ3n) is 2.19. The molecule has 7 heteroatoms. The summed E-state index contributed by atoms with van der Waals surface area (Å²) < 4.78 is 13.1. The molecule has 0 amide bonds. The monoisotopic (exact) mass is 286 g/mol. The molecule has 0 bridgehead atoms. The van der Waals surface area contributed by atoms with Crippen LogP contribution in [0.2, 0.25) is 0 Å². The van der Waals surface area contributed by atoms with Crippen molar-refractivity contribution >= 4 is 11.9 Å². The second-order valence-corrected chi connectivity index (χ2v) is 4.18. The molecule has 0 fully saturated rings. The Hall–Kier alpha value is -1.99. The average molecular weight is 286 g/mol. The molecule has 112 valence electrons. The molecule has 20 heavy (non-hydrogen) atoms. The molecule has 1 aromatic carbocycles. The Kier molecular flexibility index (Phi) is 8.89. The van der Waals surface area contributed by atoms with Crippen LogP contribution in [0.1, 0.15) is 5.56 Å². The average Bonchev–Trinajstić information content (AvgIpc) is 2.37. The molecular formula is C13H19FN2O4. The molecule has 0 saturated heterocycles. The van der Waals surface area contributed by atoms with Crippen molar-refractivity contribution in [2.45, 2.75) is 6.54 Å². The molecule has 0 aliphatic rings. The van der Waals surface area contributed by atoms with Crippen molar-refractivity contribution in [3.8, 4) is 0 Å². The first-order chi connectivity index (χ1) is 9.34. The highest BCUT2D eigenvalue weighted by Gasteiger charge is 2.04. The Labute approximate surface area is 116 Å². The molecule has 0 spiro atoms. The van der Waals surface area contributed by atoms with Gasteiger partial charge in [0.05, 0.1) is 0 Å². The van der Waals surface area contributed by atoms with E-state index in [4.69, 9.17) is 19.8 Å². The van der Waals surface area contributed by atoms with Gasteiger partial charge in [-0.15, -0.1) is 0 Å². The normalized spacial score (nSPS) is 9.80. The molecule has 0 heterocycles. The minimum absolute atomic E-state index is 0.134. The Bertz CT molecular complexity index is 426. The number of benzene rings is 1. The van der Waals surface area contributed by atoms with E-state index in [1.165, 1.54) is 6.07 Å². The second-order valence-electron chi connectivity index (χ2n) is 4.18. The van der Waals surface area contributed by atoms with Crippen LogP contribution in [0, 0.1) is 5.82 Å². The van der Waals surface area contributed by atoms with E-state index in [0.29, 0.717) is 6.54 Å². The lowest BCUT2D eigenvalue weighted by Gasteiger charge is -2.10. The lowest BCUT2D eigenvalue weighted by Crippen LogP contribution is -2.26. The molecule has 0 aromatic heterocycles. The maximum atomic E-state index is 13.1. The van der Waals surface area contributed by atoms with Crippen molar-refractivity contribution in [1.82, 2.24) is 10.2 Å². The van der Waals surface area contributed by atoms with Crippen molar-refractivity contribution in [3.05, 3.63) is 35.6 Å². The number of aliphatic carboxylic acids is 2. The quantitative estimate of drug-likeness (QED) is 0.543. The molecular weight excluding hydrogens is 267 g/mol. The van der Waals surface area contributed by atoms with Gasteiger partial charge in [0.1, 0.15) is 5.82 Å². The van der Waals surface area contributed by atoms with E-state index >= 15 is 0 Å². The van der Waals surface area contributed by atoms with Crippen LogP contribution >= 0.6 is 0 Å². The van der Waals surface area contributed by atoms with Crippen LogP contribution in [0.4, 0.5) is 4.39 Å². The van der Waals surface area contributed by atoms with Gasteiger partial charge >= 0.3 is 11.9 Å². The molecule has 0 atom stereocenters. The summed E-state index contributed by atoms with van der Waals surface area (Å²) in [5.74, 6) is -3.78. The lowest BCUT2D eigenvalue weighted by molar-refractivity contribution is -0.159. The summed E-state index contributed by atoms with van der Waals surface area (Å²) in [5.41, 5.74) is 0.728. The van der Waals surface area contributed by atoms with Crippen LogP contribution in [-0.2, 0) is 16.1 Å². The minimum Gasteiger partial charge on any atom is -0.473 e.